The molecule has 1 aromatic heterocycles. The van der Waals surface area contributed by atoms with Crippen molar-refractivity contribution in [1.82, 2.24) is 4.90 Å². The number of fused-ring (bicyclic) bond motifs is 1. The van der Waals surface area contributed by atoms with E-state index in [-0.39, 0.29) is 5.56 Å². The Balaban J connectivity index is 2.29. The second-order valence-electron chi connectivity index (χ2n) is 6.10. The molecular weight excluding hydrogens is 266 g/mol. The first-order valence-corrected chi connectivity index (χ1v) is 7.34. The summed E-state index contributed by atoms with van der Waals surface area (Å²) in [6, 6.07) is 7.66. The van der Waals surface area contributed by atoms with Gasteiger partial charge in [-0.2, -0.15) is 0 Å². The Morgan fingerprint density at radius 3 is 2.57 bits per heavy atom. The van der Waals surface area contributed by atoms with Crippen LogP contribution in [0.2, 0.25) is 0 Å². The van der Waals surface area contributed by atoms with Crippen LogP contribution >= 0.6 is 0 Å². The first-order chi connectivity index (χ1) is 9.90. The summed E-state index contributed by atoms with van der Waals surface area (Å²) in [6.07, 6.45) is 1.07. The van der Waals surface area contributed by atoms with Crippen molar-refractivity contribution in [3.63, 3.8) is 0 Å². The van der Waals surface area contributed by atoms with Gasteiger partial charge in [0.05, 0.1) is 6.54 Å². The van der Waals surface area contributed by atoms with Gasteiger partial charge in [-0.05, 0) is 32.4 Å². The molecule has 0 bridgehead atoms. The van der Waals surface area contributed by atoms with Gasteiger partial charge < -0.3 is 9.52 Å². The van der Waals surface area contributed by atoms with Crippen molar-refractivity contribution in [3.8, 4) is 0 Å². The highest BCUT2D eigenvalue weighted by atomic mass is 16.4. The van der Waals surface area contributed by atoms with Crippen LogP contribution in [0.4, 0.5) is 0 Å². The van der Waals surface area contributed by atoms with Gasteiger partial charge in [0.1, 0.15) is 16.9 Å². The zero-order valence-electron chi connectivity index (χ0n) is 13.1. The van der Waals surface area contributed by atoms with E-state index in [0.717, 1.165) is 6.42 Å². The highest BCUT2D eigenvalue weighted by Crippen LogP contribution is 2.27. The zero-order valence-corrected chi connectivity index (χ0v) is 13.1. The van der Waals surface area contributed by atoms with Crippen LogP contribution in [0.3, 0.4) is 0 Å². The van der Waals surface area contributed by atoms with E-state index < -0.39 is 5.97 Å². The quantitative estimate of drug-likeness (QED) is 0.873. The highest BCUT2D eigenvalue weighted by Gasteiger charge is 2.22. The third-order valence-electron chi connectivity index (χ3n) is 3.84. The molecule has 0 fully saturated rings. The smallest absolute Gasteiger partial charge is 0.339 e. The number of rotatable bonds is 6. The number of carboxylic acid groups (broad SMARTS) is 1. The lowest BCUT2D eigenvalue weighted by molar-refractivity contribution is 0.0694. The molecule has 21 heavy (non-hydrogen) atoms. The Bertz CT molecular complexity index is 630. The number of para-hydroxylation sites is 1. The summed E-state index contributed by atoms with van der Waals surface area (Å²) >= 11 is 0. The zero-order chi connectivity index (χ0) is 15.6. The van der Waals surface area contributed by atoms with Crippen LogP contribution in [0.25, 0.3) is 11.0 Å². The summed E-state index contributed by atoms with van der Waals surface area (Å²) in [7, 11) is 2.01. The predicted octanol–water partition coefficient (Wildman–Crippen LogP) is 4.00. The molecule has 4 heteroatoms. The molecule has 114 valence electrons. The number of aromatic carboxylic acids is 1. The van der Waals surface area contributed by atoms with Crippen molar-refractivity contribution in [3.05, 3.63) is 35.6 Å². The number of furan rings is 1. The molecule has 0 aliphatic heterocycles. The molecule has 1 heterocycles. The van der Waals surface area contributed by atoms with Gasteiger partial charge in [0.2, 0.25) is 0 Å². The maximum absolute atomic E-state index is 11.5. The lowest BCUT2D eigenvalue weighted by Crippen LogP contribution is -2.30. The van der Waals surface area contributed by atoms with Crippen LogP contribution < -0.4 is 0 Å². The monoisotopic (exact) mass is 289 g/mol. The topological polar surface area (TPSA) is 53.7 Å². The standard InChI is InChI=1S/C17H23NO3/c1-11(2)9-12(3)18(4)10-15-16(17(19)20)13-7-5-6-8-14(13)21-15/h5-8,11-12H,9-10H2,1-4H3,(H,19,20). The molecular formula is C17H23NO3. The SMILES string of the molecule is CC(C)CC(C)N(C)Cc1oc2ccccc2c1C(=O)O. The predicted molar refractivity (Wildman–Crippen MR) is 83.6 cm³/mol. The summed E-state index contributed by atoms with van der Waals surface area (Å²) in [5.41, 5.74) is 0.920. The average Bonchev–Trinajstić information content (AvgIpc) is 2.75. The van der Waals surface area contributed by atoms with E-state index in [0.29, 0.717) is 35.2 Å². The molecule has 0 aliphatic rings. The molecule has 4 nitrogen and oxygen atoms in total. The number of hydrogen-bond donors (Lipinski definition) is 1. The first-order valence-electron chi connectivity index (χ1n) is 7.34. The van der Waals surface area contributed by atoms with Gasteiger partial charge in [0.25, 0.3) is 0 Å². The number of carboxylic acids is 1. The minimum absolute atomic E-state index is 0.286. The minimum Gasteiger partial charge on any atom is -0.478 e. The van der Waals surface area contributed by atoms with Gasteiger partial charge in [-0.25, -0.2) is 4.79 Å². The van der Waals surface area contributed by atoms with Gasteiger partial charge in [-0.1, -0.05) is 32.0 Å². The number of benzene rings is 1. The molecule has 2 rings (SSSR count). The average molecular weight is 289 g/mol. The summed E-state index contributed by atoms with van der Waals surface area (Å²) in [5.74, 6) is 0.207. The van der Waals surface area contributed by atoms with E-state index >= 15 is 0 Å². The third kappa shape index (κ3) is 3.45. The summed E-state index contributed by atoms with van der Waals surface area (Å²) in [4.78, 5) is 13.7. The fraction of sp³-hybridized carbons (Fsp3) is 0.471. The van der Waals surface area contributed by atoms with Crippen LogP contribution in [0.1, 0.15) is 43.3 Å². The van der Waals surface area contributed by atoms with Gasteiger partial charge in [-0.15, -0.1) is 0 Å². The molecule has 0 saturated carbocycles. The number of nitrogens with zero attached hydrogens (tertiary/aromatic N) is 1. The number of carbonyl (C=O) groups is 1. The lowest BCUT2D eigenvalue weighted by atomic mass is 10.0. The fourth-order valence-corrected chi connectivity index (χ4v) is 2.69. The van der Waals surface area contributed by atoms with Crippen LogP contribution in [-0.2, 0) is 6.54 Å². The molecule has 0 amide bonds. The van der Waals surface area contributed by atoms with Crippen molar-refractivity contribution in [2.75, 3.05) is 7.05 Å². The minimum atomic E-state index is -0.931. The highest BCUT2D eigenvalue weighted by molar-refractivity contribution is 6.03. The lowest BCUT2D eigenvalue weighted by Gasteiger charge is -2.25. The molecule has 2 aromatic rings. The maximum Gasteiger partial charge on any atom is 0.339 e. The van der Waals surface area contributed by atoms with Gasteiger partial charge in [0, 0.05) is 11.4 Å². The molecule has 1 aromatic carbocycles. The molecule has 1 N–H and O–H groups in total. The third-order valence-corrected chi connectivity index (χ3v) is 3.84. The van der Waals surface area contributed by atoms with E-state index in [1.54, 1.807) is 6.07 Å². The normalized spacial score (nSPS) is 13.2. The van der Waals surface area contributed by atoms with Crippen molar-refractivity contribution in [2.24, 2.45) is 5.92 Å². The summed E-state index contributed by atoms with van der Waals surface area (Å²) < 4.78 is 5.76. The molecule has 1 unspecified atom stereocenters. The summed E-state index contributed by atoms with van der Waals surface area (Å²) in [6.45, 7) is 7.04. The van der Waals surface area contributed by atoms with Crippen LogP contribution in [0.15, 0.2) is 28.7 Å². The van der Waals surface area contributed by atoms with Crippen molar-refractivity contribution >= 4 is 16.9 Å². The second kappa shape index (κ2) is 6.31. The first kappa shape index (κ1) is 15.6. The second-order valence-corrected chi connectivity index (χ2v) is 6.10. The molecule has 0 spiro atoms. The Labute approximate surface area is 125 Å². The van der Waals surface area contributed by atoms with Gasteiger partial charge in [0.15, 0.2) is 0 Å². The Morgan fingerprint density at radius 2 is 1.95 bits per heavy atom. The Morgan fingerprint density at radius 1 is 1.29 bits per heavy atom. The largest absolute Gasteiger partial charge is 0.478 e. The van der Waals surface area contributed by atoms with Crippen molar-refractivity contribution in [2.45, 2.75) is 39.8 Å². The van der Waals surface area contributed by atoms with E-state index in [1.165, 1.54) is 0 Å². The fourth-order valence-electron chi connectivity index (χ4n) is 2.69. The molecule has 0 radical (unpaired) electrons. The van der Waals surface area contributed by atoms with Crippen molar-refractivity contribution < 1.29 is 14.3 Å². The van der Waals surface area contributed by atoms with Gasteiger partial charge in [-0.3, -0.25) is 4.90 Å². The summed E-state index contributed by atoms with van der Waals surface area (Å²) in [5, 5.41) is 10.1. The van der Waals surface area contributed by atoms with E-state index in [4.69, 9.17) is 4.42 Å². The Hall–Kier alpha value is -1.81. The van der Waals surface area contributed by atoms with E-state index in [1.807, 2.05) is 25.2 Å². The molecule has 0 saturated heterocycles. The van der Waals surface area contributed by atoms with Gasteiger partial charge >= 0.3 is 5.97 Å². The van der Waals surface area contributed by atoms with Crippen LogP contribution in [0.5, 0.6) is 0 Å². The van der Waals surface area contributed by atoms with Crippen LogP contribution in [0, 0.1) is 5.92 Å². The van der Waals surface area contributed by atoms with Crippen LogP contribution in [-0.4, -0.2) is 29.1 Å². The van der Waals surface area contributed by atoms with Crippen molar-refractivity contribution in [1.29, 1.82) is 0 Å². The maximum atomic E-state index is 11.5. The molecule has 0 aliphatic carbocycles. The van der Waals surface area contributed by atoms with E-state index in [2.05, 4.69) is 25.7 Å². The Kier molecular flexibility index (Phi) is 4.68. The van der Waals surface area contributed by atoms with E-state index in [9.17, 15) is 9.90 Å². The molecule has 1 atom stereocenters. The number of hydrogen-bond acceptors (Lipinski definition) is 3.